The van der Waals surface area contributed by atoms with Crippen molar-refractivity contribution >= 4 is 50.4 Å². The number of halogens is 2. The van der Waals surface area contributed by atoms with Gasteiger partial charge < -0.3 is 0 Å². The first-order chi connectivity index (χ1) is 10.8. The molecule has 1 aromatic carbocycles. The fourth-order valence-corrected chi connectivity index (χ4v) is 5.14. The maximum Gasteiger partial charge on any atom is 0.213 e. The van der Waals surface area contributed by atoms with E-state index in [1.54, 1.807) is 31.4 Å². The first kappa shape index (κ1) is 16.6. The summed E-state index contributed by atoms with van der Waals surface area (Å²) in [6, 6.07) is 7.73. The summed E-state index contributed by atoms with van der Waals surface area (Å²) in [5.41, 5.74) is 0.817. The van der Waals surface area contributed by atoms with E-state index in [2.05, 4.69) is 10.1 Å². The minimum Gasteiger partial charge on any atom is -0.233 e. The third kappa shape index (κ3) is 2.82. The summed E-state index contributed by atoms with van der Waals surface area (Å²) in [7, 11) is -3.83. The maximum atomic E-state index is 13.1. The molecule has 0 saturated carbocycles. The van der Waals surface area contributed by atoms with Gasteiger partial charge in [0, 0.05) is 10.7 Å². The van der Waals surface area contributed by atoms with E-state index in [0.717, 1.165) is 0 Å². The lowest BCUT2D eigenvalue weighted by atomic mass is 10.4. The molecule has 5 nitrogen and oxygen atoms in total. The average Bonchev–Trinajstić information content (AvgIpc) is 2.86. The van der Waals surface area contributed by atoms with Gasteiger partial charge in [-0.05, 0) is 37.4 Å². The highest BCUT2D eigenvalue weighted by molar-refractivity contribution is 7.99. The Morgan fingerprint density at radius 1 is 1.22 bits per heavy atom. The van der Waals surface area contributed by atoms with E-state index in [4.69, 9.17) is 23.2 Å². The molecule has 0 saturated heterocycles. The minimum atomic E-state index is -3.83. The van der Waals surface area contributed by atoms with Gasteiger partial charge in [0.2, 0.25) is 9.84 Å². The van der Waals surface area contributed by atoms with Crippen LogP contribution >= 0.6 is 35.0 Å². The van der Waals surface area contributed by atoms with Crippen molar-refractivity contribution in [2.45, 2.75) is 21.7 Å². The Bertz CT molecular complexity index is 1020. The number of rotatable bonds is 3. The third-order valence-corrected chi connectivity index (χ3v) is 6.26. The van der Waals surface area contributed by atoms with Crippen LogP contribution in [0.25, 0.3) is 5.65 Å². The smallest absolute Gasteiger partial charge is 0.213 e. The first-order valence-corrected chi connectivity index (χ1v) is 9.91. The van der Waals surface area contributed by atoms with E-state index in [-0.39, 0.29) is 15.4 Å². The summed E-state index contributed by atoms with van der Waals surface area (Å²) in [6.45, 7) is 1.74. The van der Waals surface area contributed by atoms with Gasteiger partial charge in [-0.15, -0.1) is 11.8 Å². The van der Waals surface area contributed by atoms with E-state index in [9.17, 15) is 8.42 Å². The van der Waals surface area contributed by atoms with Crippen molar-refractivity contribution in [1.29, 1.82) is 0 Å². The zero-order chi connectivity index (χ0) is 16.8. The monoisotopic (exact) mass is 387 g/mol. The molecule has 0 atom stereocenters. The highest BCUT2D eigenvalue weighted by Crippen LogP contribution is 2.34. The van der Waals surface area contributed by atoms with Crippen molar-refractivity contribution in [2.75, 3.05) is 6.26 Å². The van der Waals surface area contributed by atoms with Crippen LogP contribution in [0.4, 0.5) is 0 Å². The van der Waals surface area contributed by atoms with Gasteiger partial charge in [0.25, 0.3) is 0 Å². The highest BCUT2D eigenvalue weighted by Gasteiger charge is 2.29. The van der Waals surface area contributed by atoms with E-state index in [1.807, 2.05) is 0 Å². The Morgan fingerprint density at radius 3 is 2.61 bits per heavy atom. The highest BCUT2D eigenvalue weighted by atomic mass is 35.5. The number of sulfone groups is 1. The van der Waals surface area contributed by atoms with Crippen molar-refractivity contribution in [1.82, 2.24) is 14.6 Å². The Balaban J connectivity index is 2.39. The minimum absolute atomic E-state index is 0.0397. The molecule has 9 heteroatoms. The molecule has 0 amide bonds. The van der Waals surface area contributed by atoms with E-state index >= 15 is 0 Å². The number of fused-ring (bicyclic) bond motifs is 1. The van der Waals surface area contributed by atoms with Gasteiger partial charge in [0.15, 0.2) is 10.5 Å². The van der Waals surface area contributed by atoms with Gasteiger partial charge in [0.1, 0.15) is 10.2 Å². The largest absolute Gasteiger partial charge is 0.233 e. The quantitative estimate of drug-likeness (QED) is 0.503. The second-order valence-electron chi connectivity index (χ2n) is 4.75. The van der Waals surface area contributed by atoms with Crippen LogP contribution in [0.1, 0.15) is 5.69 Å². The number of hydrogen-bond donors (Lipinski definition) is 0. The van der Waals surface area contributed by atoms with Gasteiger partial charge in [-0.2, -0.15) is 5.10 Å². The van der Waals surface area contributed by atoms with Crippen LogP contribution in [0.5, 0.6) is 0 Å². The van der Waals surface area contributed by atoms with Crippen LogP contribution in [0, 0.1) is 6.92 Å². The lowest BCUT2D eigenvalue weighted by Gasteiger charge is -2.05. The molecule has 0 spiro atoms. The number of benzene rings is 1. The summed E-state index contributed by atoms with van der Waals surface area (Å²) >= 11 is 13.3. The maximum absolute atomic E-state index is 13.1. The van der Waals surface area contributed by atoms with Gasteiger partial charge >= 0.3 is 0 Å². The molecular weight excluding hydrogens is 377 g/mol. The zero-order valence-corrected chi connectivity index (χ0v) is 15.3. The average molecular weight is 388 g/mol. The Kier molecular flexibility index (Phi) is 4.31. The molecule has 2 aromatic heterocycles. The van der Waals surface area contributed by atoms with Gasteiger partial charge in [0.05, 0.1) is 4.90 Å². The molecule has 3 rings (SSSR count). The molecule has 23 heavy (non-hydrogen) atoms. The van der Waals surface area contributed by atoms with Crippen molar-refractivity contribution in [3.05, 3.63) is 46.2 Å². The molecule has 0 aliphatic rings. The lowest BCUT2D eigenvalue weighted by Crippen LogP contribution is -2.04. The van der Waals surface area contributed by atoms with Gasteiger partial charge in [-0.25, -0.2) is 17.9 Å². The fourth-order valence-electron chi connectivity index (χ4n) is 2.18. The van der Waals surface area contributed by atoms with Gasteiger partial charge in [-0.1, -0.05) is 29.3 Å². The SMILES string of the molecule is CSc1nn2c(Cl)cc(C)nc2c1S(=O)(=O)c1cccc(Cl)c1. The van der Waals surface area contributed by atoms with Crippen LogP contribution in [0.2, 0.25) is 10.2 Å². The molecule has 3 aromatic rings. The second-order valence-corrected chi connectivity index (χ2v) is 8.26. The topological polar surface area (TPSA) is 64.3 Å². The van der Waals surface area contributed by atoms with Crippen LogP contribution in [-0.4, -0.2) is 29.3 Å². The summed E-state index contributed by atoms with van der Waals surface area (Å²) < 4.78 is 27.4. The molecular formula is C14H11Cl2N3O2S2. The molecule has 0 radical (unpaired) electrons. The predicted molar refractivity (Wildman–Crippen MR) is 91.4 cm³/mol. The van der Waals surface area contributed by atoms with Crippen LogP contribution in [0.3, 0.4) is 0 Å². The summed E-state index contributed by atoms with van der Waals surface area (Å²) in [5, 5.41) is 5.24. The molecule has 0 fully saturated rings. The number of aryl methyl sites for hydroxylation is 1. The number of nitrogens with zero attached hydrogens (tertiary/aromatic N) is 3. The van der Waals surface area contributed by atoms with Crippen molar-refractivity contribution < 1.29 is 8.42 Å². The Labute approximate surface area is 147 Å². The van der Waals surface area contributed by atoms with Gasteiger partial charge in [-0.3, -0.25) is 0 Å². The van der Waals surface area contributed by atoms with Crippen molar-refractivity contribution in [3.8, 4) is 0 Å². The summed E-state index contributed by atoms with van der Waals surface area (Å²) in [4.78, 5) is 4.44. The van der Waals surface area contributed by atoms with E-state index in [0.29, 0.717) is 20.9 Å². The number of thioether (sulfide) groups is 1. The normalized spacial score (nSPS) is 12.0. The predicted octanol–water partition coefficient (Wildman–Crippen LogP) is 3.90. The molecule has 0 aliphatic carbocycles. The Morgan fingerprint density at radius 2 is 1.96 bits per heavy atom. The molecule has 0 aliphatic heterocycles. The number of aromatic nitrogens is 3. The third-order valence-electron chi connectivity index (χ3n) is 3.17. The Hall–Kier alpha value is -1.28. The number of hydrogen-bond acceptors (Lipinski definition) is 5. The van der Waals surface area contributed by atoms with Crippen molar-refractivity contribution in [3.63, 3.8) is 0 Å². The van der Waals surface area contributed by atoms with Crippen molar-refractivity contribution in [2.24, 2.45) is 0 Å². The fraction of sp³-hybridized carbons (Fsp3) is 0.143. The summed E-state index contributed by atoms with van der Waals surface area (Å²) in [6.07, 6.45) is 1.75. The molecule has 0 unspecified atom stereocenters. The van der Waals surface area contributed by atoms with Crippen LogP contribution in [0.15, 0.2) is 45.1 Å². The van der Waals surface area contributed by atoms with Crippen LogP contribution in [-0.2, 0) is 9.84 Å². The lowest BCUT2D eigenvalue weighted by molar-refractivity contribution is 0.594. The molecule has 0 N–H and O–H groups in total. The second kappa shape index (κ2) is 5.98. The first-order valence-electron chi connectivity index (χ1n) is 6.45. The molecule has 2 heterocycles. The standard InChI is InChI=1S/C14H11Cl2N3O2S2/c1-8-6-11(16)19-13(17-8)12(14(18-19)22-2)23(20,21)10-5-3-4-9(15)7-10/h3-7H,1-2H3. The zero-order valence-electron chi connectivity index (χ0n) is 12.1. The van der Waals surface area contributed by atoms with Crippen LogP contribution < -0.4 is 0 Å². The summed E-state index contributed by atoms with van der Waals surface area (Å²) in [5.74, 6) is 0. The molecule has 120 valence electrons. The van der Waals surface area contributed by atoms with E-state index < -0.39 is 9.84 Å². The van der Waals surface area contributed by atoms with E-state index in [1.165, 1.54) is 28.4 Å². The molecule has 0 bridgehead atoms.